The van der Waals surface area contributed by atoms with Gasteiger partial charge >= 0.3 is 5.97 Å². The van der Waals surface area contributed by atoms with E-state index >= 15 is 0 Å². The molecule has 1 N–H and O–H groups in total. The number of carbonyl (C=O) groups is 1. The van der Waals surface area contributed by atoms with Crippen LogP contribution in [-0.4, -0.2) is 29.1 Å². The first kappa shape index (κ1) is 16.7. The number of rotatable bonds is 9. The van der Waals surface area contributed by atoms with Gasteiger partial charge in [0.1, 0.15) is 0 Å². The summed E-state index contributed by atoms with van der Waals surface area (Å²) < 4.78 is 0. The molecular formula is C17H27NO2. The Labute approximate surface area is 122 Å². The second-order valence-corrected chi connectivity index (χ2v) is 5.43. The fraction of sp³-hybridized carbons (Fsp3) is 0.588. The highest BCUT2D eigenvalue weighted by Gasteiger charge is 2.09. The Kier molecular flexibility index (Phi) is 7.31. The van der Waals surface area contributed by atoms with E-state index < -0.39 is 5.97 Å². The maximum atomic E-state index is 11.0. The molecule has 3 heteroatoms. The molecule has 112 valence electrons. The van der Waals surface area contributed by atoms with Crippen LogP contribution in [0.2, 0.25) is 0 Å². The lowest BCUT2D eigenvalue weighted by molar-refractivity contribution is 0.0696. The monoisotopic (exact) mass is 277 g/mol. The summed E-state index contributed by atoms with van der Waals surface area (Å²) in [5.41, 5.74) is 2.69. The highest BCUT2D eigenvalue weighted by molar-refractivity contribution is 5.87. The zero-order valence-corrected chi connectivity index (χ0v) is 13.0. The van der Waals surface area contributed by atoms with Crippen molar-refractivity contribution in [3.8, 4) is 0 Å². The van der Waals surface area contributed by atoms with Crippen LogP contribution in [0.1, 0.15) is 61.0 Å². The highest BCUT2D eigenvalue weighted by atomic mass is 16.4. The topological polar surface area (TPSA) is 40.5 Å². The van der Waals surface area contributed by atoms with Crippen molar-refractivity contribution in [3.05, 3.63) is 34.9 Å². The molecule has 0 aliphatic carbocycles. The second kappa shape index (κ2) is 8.75. The third-order valence-corrected chi connectivity index (χ3v) is 3.64. The first-order valence-electron chi connectivity index (χ1n) is 7.63. The molecule has 1 aromatic rings. The van der Waals surface area contributed by atoms with Gasteiger partial charge in [-0.15, -0.1) is 0 Å². The molecule has 0 fully saturated rings. The molecule has 0 spiro atoms. The highest BCUT2D eigenvalue weighted by Crippen LogP contribution is 2.15. The summed E-state index contributed by atoms with van der Waals surface area (Å²) in [6.07, 6.45) is 4.85. The molecule has 0 amide bonds. The van der Waals surface area contributed by atoms with Gasteiger partial charge in [-0.25, -0.2) is 4.79 Å². The predicted octanol–water partition coefficient (Wildman–Crippen LogP) is 4.10. The molecular weight excluding hydrogens is 250 g/mol. The van der Waals surface area contributed by atoms with Gasteiger partial charge in [-0.1, -0.05) is 32.8 Å². The van der Waals surface area contributed by atoms with E-state index in [1.165, 1.54) is 31.2 Å². The molecule has 1 rings (SSSR count). The molecule has 1 aromatic carbocycles. The van der Waals surface area contributed by atoms with Gasteiger partial charge in [0.25, 0.3) is 0 Å². The molecule has 0 unspecified atom stereocenters. The maximum absolute atomic E-state index is 11.0. The van der Waals surface area contributed by atoms with E-state index in [9.17, 15) is 4.79 Å². The standard InChI is InChI=1S/C17H27NO2/c1-4-6-10-18(11-7-5-2)13-16-9-8-15(17(19)20)12-14(16)3/h8-9,12H,4-7,10-11,13H2,1-3H3,(H,19,20). The average Bonchev–Trinajstić information content (AvgIpc) is 2.43. The second-order valence-electron chi connectivity index (χ2n) is 5.43. The Morgan fingerprint density at radius 1 is 1.15 bits per heavy atom. The predicted molar refractivity (Wildman–Crippen MR) is 83.2 cm³/mol. The van der Waals surface area contributed by atoms with Gasteiger partial charge in [-0.3, -0.25) is 4.90 Å². The molecule has 0 atom stereocenters. The van der Waals surface area contributed by atoms with Crippen molar-refractivity contribution < 1.29 is 9.90 Å². The first-order valence-corrected chi connectivity index (χ1v) is 7.63. The third-order valence-electron chi connectivity index (χ3n) is 3.64. The number of nitrogens with zero attached hydrogens (tertiary/aromatic N) is 1. The largest absolute Gasteiger partial charge is 0.478 e. The quantitative estimate of drug-likeness (QED) is 0.739. The van der Waals surface area contributed by atoms with Crippen LogP contribution in [-0.2, 0) is 6.54 Å². The smallest absolute Gasteiger partial charge is 0.335 e. The molecule has 0 aromatic heterocycles. The molecule has 0 aliphatic heterocycles. The number of benzene rings is 1. The van der Waals surface area contributed by atoms with Gasteiger partial charge in [0.05, 0.1) is 5.56 Å². The van der Waals surface area contributed by atoms with Crippen molar-refractivity contribution in [1.82, 2.24) is 4.90 Å². The Hall–Kier alpha value is -1.35. The summed E-state index contributed by atoms with van der Waals surface area (Å²) in [6, 6.07) is 5.45. The van der Waals surface area contributed by atoms with Crippen LogP contribution in [0.25, 0.3) is 0 Å². The van der Waals surface area contributed by atoms with Gasteiger partial charge < -0.3 is 5.11 Å². The SMILES string of the molecule is CCCCN(CCCC)Cc1ccc(C(=O)O)cc1C. The van der Waals surface area contributed by atoms with Crippen LogP contribution in [0.5, 0.6) is 0 Å². The molecule has 0 saturated carbocycles. The minimum atomic E-state index is -0.853. The normalized spacial score (nSPS) is 11.0. The summed E-state index contributed by atoms with van der Waals surface area (Å²) in [5.74, 6) is -0.853. The number of hydrogen-bond acceptors (Lipinski definition) is 2. The van der Waals surface area contributed by atoms with Gasteiger partial charge in [0.15, 0.2) is 0 Å². The molecule has 0 radical (unpaired) electrons. The Bertz CT molecular complexity index is 421. The summed E-state index contributed by atoms with van der Waals surface area (Å²) in [6.45, 7) is 9.59. The fourth-order valence-corrected chi connectivity index (χ4v) is 2.28. The summed E-state index contributed by atoms with van der Waals surface area (Å²) in [4.78, 5) is 13.4. The lowest BCUT2D eigenvalue weighted by atomic mass is 10.0. The molecule has 0 heterocycles. The Morgan fingerprint density at radius 3 is 2.20 bits per heavy atom. The average molecular weight is 277 g/mol. The number of carboxylic acids is 1. The van der Waals surface area contributed by atoms with Crippen molar-refractivity contribution in [3.63, 3.8) is 0 Å². The number of aryl methyl sites for hydroxylation is 1. The van der Waals surface area contributed by atoms with Crippen LogP contribution < -0.4 is 0 Å². The Balaban J connectivity index is 2.73. The molecule has 0 saturated heterocycles. The lowest BCUT2D eigenvalue weighted by Crippen LogP contribution is -2.26. The van der Waals surface area contributed by atoms with Crippen molar-refractivity contribution in [1.29, 1.82) is 0 Å². The van der Waals surface area contributed by atoms with E-state index in [0.717, 1.165) is 25.2 Å². The van der Waals surface area contributed by atoms with Gasteiger partial charge in [-0.05, 0) is 56.1 Å². The fourth-order valence-electron chi connectivity index (χ4n) is 2.28. The van der Waals surface area contributed by atoms with Crippen molar-refractivity contribution in [2.75, 3.05) is 13.1 Å². The zero-order valence-electron chi connectivity index (χ0n) is 13.0. The van der Waals surface area contributed by atoms with E-state index in [4.69, 9.17) is 5.11 Å². The van der Waals surface area contributed by atoms with E-state index in [2.05, 4.69) is 18.7 Å². The van der Waals surface area contributed by atoms with E-state index in [0.29, 0.717) is 5.56 Å². The van der Waals surface area contributed by atoms with Gasteiger partial charge in [-0.2, -0.15) is 0 Å². The zero-order chi connectivity index (χ0) is 15.0. The summed E-state index contributed by atoms with van der Waals surface area (Å²) in [7, 11) is 0. The number of carboxylic acid groups (broad SMARTS) is 1. The lowest BCUT2D eigenvalue weighted by Gasteiger charge is -2.23. The number of hydrogen-bond donors (Lipinski definition) is 1. The number of unbranched alkanes of at least 4 members (excludes halogenated alkanes) is 2. The first-order chi connectivity index (χ1) is 9.58. The summed E-state index contributed by atoms with van der Waals surface area (Å²) in [5, 5.41) is 9.00. The maximum Gasteiger partial charge on any atom is 0.335 e. The van der Waals surface area contributed by atoms with E-state index in [1.807, 2.05) is 13.0 Å². The minimum Gasteiger partial charge on any atom is -0.478 e. The molecule has 0 aliphatic rings. The number of aromatic carboxylic acids is 1. The minimum absolute atomic E-state index is 0.375. The van der Waals surface area contributed by atoms with Crippen LogP contribution in [0, 0.1) is 6.92 Å². The van der Waals surface area contributed by atoms with Gasteiger partial charge in [0, 0.05) is 6.54 Å². The van der Waals surface area contributed by atoms with E-state index in [1.54, 1.807) is 12.1 Å². The molecule has 3 nitrogen and oxygen atoms in total. The van der Waals surface area contributed by atoms with Gasteiger partial charge in [0.2, 0.25) is 0 Å². The van der Waals surface area contributed by atoms with Crippen LogP contribution in [0.15, 0.2) is 18.2 Å². The molecule has 20 heavy (non-hydrogen) atoms. The van der Waals surface area contributed by atoms with Crippen LogP contribution in [0.4, 0.5) is 0 Å². The molecule has 0 bridgehead atoms. The van der Waals surface area contributed by atoms with Crippen LogP contribution in [0.3, 0.4) is 0 Å². The summed E-state index contributed by atoms with van der Waals surface area (Å²) >= 11 is 0. The van der Waals surface area contributed by atoms with Crippen molar-refractivity contribution in [2.24, 2.45) is 0 Å². The van der Waals surface area contributed by atoms with Crippen LogP contribution >= 0.6 is 0 Å². The van der Waals surface area contributed by atoms with E-state index in [-0.39, 0.29) is 0 Å². The van der Waals surface area contributed by atoms with Crippen molar-refractivity contribution >= 4 is 5.97 Å². The Morgan fingerprint density at radius 2 is 1.75 bits per heavy atom. The third kappa shape index (κ3) is 5.33. The van der Waals surface area contributed by atoms with Crippen molar-refractivity contribution in [2.45, 2.75) is 53.0 Å².